The van der Waals surface area contributed by atoms with Crippen molar-refractivity contribution in [3.63, 3.8) is 0 Å². The molecular weight excluding hydrogens is 417 g/mol. The van der Waals surface area contributed by atoms with E-state index in [-0.39, 0.29) is 11.3 Å². The fourth-order valence-electron chi connectivity index (χ4n) is 4.43. The van der Waals surface area contributed by atoms with Crippen molar-refractivity contribution in [2.45, 2.75) is 13.0 Å². The third kappa shape index (κ3) is 3.48. The largest absolute Gasteiger partial charge is 0.507 e. The van der Waals surface area contributed by atoms with Crippen molar-refractivity contribution >= 4 is 33.9 Å². The van der Waals surface area contributed by atoms with Crippen LogP contribution < -0.4 is 4.90 Å². The van der Waals surface area contributed by atoms with E-state index in [9.17, 15) is 19.1 Å². The average Bonchev–Trinajstić information content (AvgIpc) is 3.09. The van der Waals surface area contributed by atoms with Gasteiger partial charge in [-0.1, -0.05) is 72.3 Å². The summed E-state index contributed by atoms with van der Waals surface area (Å²) < 4.78 is 13.6. The number of carbonyl (C=O) groups is 2. The molecule has 4 aromatic rings. The number of nitrogens with zero attached hydrogens (tertiary/aromatic N) is 1. The summed E-state index contributed by atoms with van der Waals surface area (Å²) in [5, 5.41) is 13.1. The highest BCUT2D eigenvalue weighted by Gasteiger charge is 2.47. The summed E-state index contributed by atoms with van der Waals surface area (Å²) in [6.45, 7) is 1.91. The number of aryl methyl sites for hydroxylation is 1. The van der Waals surface area contributed by atoms with Gasteiger partial charge in [0.1, 0.15) is 11.6 Å². The molecule has 1 atom stereocenters. The molecule has 1 N–H and O–H groups in total. The quantitative estimate of drug-likeness (QED) is 0.246. The molecule has 1 aliphatic heterocycles. The average molecular weight is 437 g/mol. The molecule has 1 aliphatic rings. The number of aliphatic hydroxyl groups is 1. The van der Waals surface area contributed by atoms with Crippen molar-refractivity contribution in [2.75, 3.05) is 4.90 Å². The lowest BCUT2D eigenvalue weighted by Gasteiger charge is -2.25. The van der Waals surface area contributed by atoms with E-state index in [1.807, 2.05) is 61.5 Å². The minimum atomic E-state index is -0.852. The van der Waals surface area contributed by atoms with Crippen LogP contribution in [0, 0.1) is 12.7 Å². The SMILES string of the molecule is Cc1cccc(C2/C(=C(/O)c3cccc4ccccc34)C(=O)C(=O)N2c2ccc(F)cc2)c1. The first kappa shape index (κ1) is 20.6. The standard InChI is InChI=1S/C28H20FNO3/c1-17-6-4-9-19(16-17)25-24(26(31)23-11-5-8-18-7-2-3-10-22(18)23)27(32)28(33)30(25)21-14-12-20(29)13-15-21/h2-16,25,31H,1H3/b26-24-. The molecule has 0 spiro atoms. The molecule has 0 aromatic heterocycles. The van der Waals surface area contributed by atoms with Gasteiger partial charge in [-0.05, 0) is 47.5 Å². The van der Waals surface area contributed by atoms with Gasteiger partial charge in [-0.3, -0.25) is 14.5 Å². The molecule has 0 radical (unpaired) electrons. The first-order valence-corrected chi connectivity index (χ1v) is 10.6. The van der Waals surface area contributed by atoms with Crippen LogP contribution in [0.1, 0.15) is 22.7 Å². The van der Waals surface area contributed by atoms with E-state index in [0.29, 0.717) is 16.8 Å². The smallest absolute Gasteiger partial charge is 0.300 e. The van der Waals surface area contributed by atoms with Crippen molar-refractivity contribution in [3.8, 4) is 0 Å². The Hall–Kier alpha value is -4.25. The van der Waals surface area contributed by atoms with Crippen LogP contribution in [0.3, 0.4) is 0 Å². The van der Waals surface area contributed by atoms with Gasteiger partial charge in [0.25, 0.3) is 11.7 Å². The maximum atomic E-state index is 13.6. The number of ketones is 1. The molecule has 4 nitrogen and oxygen atoms in total. The summed E-state index contributed by atoms with van der Waals surface area (Å²) in [6.07, 6.45) is 0. The van der Waals surface area contributed by atoms with E-state index in [1.165, 1.54) is 29.2 Å². The topological polar surface area (TPSA) is 57.6 Å². The third-order valence-corrected chi connectivity index (χ3v) is 5.95. The summed E-state index contributed by atoms with van der Waals surface area (Å²) in [7, 11) is 0. The number of carbonyl (C=O) groups excluding carboxylic acids is 2. The maximum Gasteiger partial charge on any atom is 0.300 e. The number of hydrogen-bond acceptors (Lipinski definition) is 3. The number of halogens is 1. The predicted molar refractivity (Wildman–Crippen MR) is 126 cm³/mol. The Bertz CT molecular complexity index is 1430. The van der Waals surface area contributed by atoms with E-state index >= 15 is 0 Å². The van der Waals surface area contributed by atoms with E-state index in [1.54, 1.807) is 12.1 Å². The van der Waals surface area contributed by atoms with E-state index in [0.717, 1.165) is 16.3 Å². The van der Waals surface area contributed by atoms with Gasteiger partial charge in [0.15, 0.2) is 0 Å². The van der Waals surface area contributed by atoms with Crippen LogP contribution in [0.25, 0.3) is 16.5 Å². The summed E-state index contributed by atoms with van der Waals surface area (Å²) in [5.74, 6) is -2.23. The zero-order valence-corrected chi connectivity index (χ0v) is 17.8. The van der Waals surface area contributed by atoms with Crippen LogP contribution in [0.2, 0.25) is 0 Å². The molecule has 4 aromatic carbocycles. The molecule has 5 rings (SSSR count). The normalized spacial score (nSPS) is 17.6. The number of aliphatic hydroxyl groups excluding tert-OH is 1. The number of rotatable bonds is 3. The molecule has 1 amide bonds. The molecule has 0 saturated carbocycles. The number of anilines is 1. The third-order valence-electron chi connectivity index (χ3n) is 5.95. The summed E-state index contributed by atoms with van der Waals surface area (Å²) in [6, 6.07) is 25.0. The molecule has 0 aliphatic carbocycles. The van der Waals surface area contributed by atoms with Gasteiger partial charge in [0.05, 0.1) is 11.6 Å². The minimum absolute atomic E-state index is 0.00581. The lowest BCUT2D eigenvalue weighted by molar-refractivity contribution is -0.132. The Morgan fingerprint density at radius 1 is 0.879 bits per heavy atom. The second kappa shape index (κ2) is 8.02. The zero-order valence-electron chi connectivity index (χ0n) is 17.8. The molecule has 162 valence electrons. The Labute approximate surface area is 190 Å². The van der Waals surface area contributed by atoms with Gasteiger partial charge in [0, 0.05) is 11.3 Å². The van der Waals surface area contributed by atoms with Crippen LogP contribution in [0.15, 0.2) is 96.6 Å². The van der Waals surface area contributed by atoms with Crippen molar-refractivity contribution in [3.05, 3.63) is 119 Å². The van der Waals surface area contributed by atoms with E-state index in [2.05, 4.69) is 0 Å². The Morgan fingerprint density at radius 3 is 2.33 bits per heavy atom. The van der Waals surface area contributed by atoms with Gasteiger partial charge in [-0.25, -0.2) is 4.39 Å². The first-order chi connectivity index (χ1) is 16.0. The fraction of sp³-hybridized carbons (Fsp3) is 0.0714. The molecule has 1 unspecified atom stereocenters. The number of amides is 1. The van der Waals surface area contributed by atoms with Crippen LogP contribution in [0.5, 0.6) is 0 Å². The monoisotopic (exact) mass is 437 g/mol. The van der Waals surface area contributed by atoms with Gasteiger partial charge in [-0.2, -0.15) is 0 Å². The number of hydrogen-bond donors (Lipinski definition) is 1. The van der Waals surface area contributed by atoms with Crippen molar-refractivity contribution < 1.29 is 19.1 Å². The van der Waals surface area contributed by atoms with Gasteiger partial charge in [0.2, 0.25) is 0 Å². The second-order valence-corrected chi connectivity index (χ2v) is 8.09. The van der Waals surface area contributed by atoms with Gasteiger partial charge >= 0.3 is 0 Å². The molecule has 0 bridgehead atoms. The Balaban J connectivity index is 1.78. The Morgan fingerprint density at radius 2 is 1.58 bits per heavy atom. The molecule has 1 fully saturated rings. The lowest BCUT2D eigenvalue weighted by atomic mass is 9.92. The maximum absolute atomic E-state index is 13.6. The van der Waals surface area contributed by atoms with Crippen LogP contribution in [-0.2, 0) is 9.59 Å². The van der Waals surface area contributed by atoms with Gasteiger partial charge < -0.3 is 5.11 Å². The molecule has 1 saturated heterocycles. The molecule has 1 heterocycles. The highest BCUT2D eigenvalue weighted by Crippen LogP contribution is 2.43. The summed E-state index contributed by atoms with van der Waals surface area (Å²) in [4.78, 5) is 27.8. The van der Waals surface area contributed by atoms with E-state index < -0.39 is 23.5 Å². The highest BCUT2D eigenvalue weighted by molar-refractivity contribution is 6.51. The second-order valence-electron chi connectivity index (χ2n) is 8.09. The summed E-state index contributed by atoms with van der Waals surface area (Å²) >= 11 is 0. The molecule has 33 heavy (non-hydrogen) atoms. The molecule has 5 heteroatoms. The highest BCUT2D eigenvalue weighted by atomic mass is 19.1. The van der Waals surface area contributed by atoms with Gasteiger partial charge in [-0.15, -0.1) is 0 Å². The minimum Gasteiger partial charge on any atom is -0.507 e. The number of Topliss-reactive ketones (excluding diaryl/α,β-unsaturated/α-hetero) is 1. The number of benzene rings is 4. The zero-order chi connectivity index (χ0) is 23.1. The summed E-state index contributed by atoms with van der Waals surface area (Å²) in [5.41, 5.74) is 2.48. The van der Waals surface area contributed by atoms with Crippen LogP contribution in [0.4, 0.5) is 10.1 Å². The first-order valence-electron chi connectivity index (χ1n) is 10.6. The van der Waals surface area contributed by atoms with Crippen molar-refractivity contribution in [2.24, 2.45) is 0 Å². The fourth-order valence-corrected chi connectivity index (χ4v) is 4.43. The van der Waals surface area contributed by atoms with E-state index in [4.69, 9.17) is 0 Å². The van der Waals surface area contributed by atoms with Crippen molar-refractivity contribution in [1.82, 2.24) is 0 Å². The predicted octanol–water partition coefficient (Wildman–Crippen LogP) is 5.91. The van der Waals surface area contributed by atoms with Crippen LogP contribution in [-0.4, -0.2) is 16.8 Å². The van der Waals surface area contributed by atoms with Crippen LogP contribution >= 0.6 is 0 Å². The molecular formula is C28H20FNO3. The number of fused-ring (bicyclic) bond motifs is 1. The van der Waals surface area contributed by atoms with Crippen molar-refractivity contribution in [1.29, 1.82) is 0 Å². The Kier molecular flexibility index (Phi) is 5.02. The lowest BCUT2D eigenvalue weighted by Crippen LogP contribution is -2.29.